The lowest BCUT2D eigenvalue weighted by atomic mass is 10.1. The maximum Gasteiger partial charge on any atom is 0.323 e. The van der Waals surface area contributed by atoms with Gasteiger partial charge >= 0.3 is 5.69 Å². The van der Waals surface area contributed by atoms with Crippen molar-refractivity contribution in [1.29, 1.82) is 0 Å². The van der Waals surface area contributed by atoms with Gasteiger partial charge in [0.2, 0.25) is 5.91 Å². The molecule has 0 fully saturated rings. The third kappa shape index (κ3) is 4.32. The van der Waals surface area contributed by atoms with Crippen LogP contribution in [0.5, 0.6) is 5.75 Å². The van der Waals surface area contributed by atoms with E-state index < -0.39 is 6.04 Å². The molecule has 0 aliphatic rings. The molecule has 7 nitrogen and oxygen atoms in total. The second-order valence-corrected chi connectivity index (χ2v) is 6.81. The van der Waals surface area contributed by atoms with Crippen LogP contribution in [0.1, 0.15) is 12.5 Å². The molecule has 0 saturated heterocycles. The summed E-state index contributed by atoms with van der Waals surface area (Å²) in [5.41, 5.74) is 2.57. The van der Waals surface area contributed by atoms with E-state index in [0.29, 0.717) is 28.3 Å². The number of benzene rings is 2. The average Bonchev–Trinajstić information content (AvgIpc) is 3.00. The maximum absolute atomic E-state index is 12.6. The van der Waals surface area contributed by atoms with Gasteiger partial charge in [0.1, 0.15) is 5.75 Å². The number of methoxy groups -OCH3 is 1. The van der Waals surface area contributed by atoms with Gasteiger partial charge in [0.15, 0.2) is 0 Å². The Kier molecular flexibility index (Phi) is 5.53. The van der Waals surface area contributed by atoms with Crippen molar-refractivity contribution >= 4 is 34.2 Å². The van der Waals surface area contributed by atoms with Gasteiger partial charge in [-0.25, -0.2) is 4.79 Å². The van der Waals surface area contributed by atoms with E-state index in [4.69, 9.17) is 16.3 Å². The minimum absolute atomic E-state index is 0.157. The first-order valence-corrected chi connectivity index (χ1v) is 8.80. The third-order valence-electron chi connectivity index (χ3n) is 4.49. The molecule has 3 aromatic rings. The van der Waals surface area contributed by atoms with Crippen LogP contribution in [0.25, 0.3) is 11.0 Å². The molecule has 1 heterocycles. The number of carbonyl (C=O) groups excluding carboxylic acids is 1. The topological polar surface area (TPSA) is 90.2 Å². The van der Waals surface area contributed by atoms with Crippen molar-refractivity contribution in [2.45, 2.75) is 19.5 Å². The molecule has 1 amide bonds. The highest BCUT2D eigenvalue weighted by molar-refractivity contribution is 6.30. The third-order valence-corrected chi connectivity index (χ3v) is 4.72. The van der Waals surface area contributed by atoms with E-state index in [1.807, 2.05) is 31.0 Å². The molecule has 0 spiro atoms. The number of likely N-dealkylation sites (N-methyl/N-ethyl adjacent to an activating group) is 1. The molecule has 3 rings (SSSR count). The van der Waals surface area contributed by atoms with Crippen LogP contribution >= 0.6 is 11.6 Å². The highest BCUT2D eigenvalue weighted by Crippen LogP contribution is 2.24. The molecule has 0 radical (unpaired) electrons. The van der Waals surface area contributed by atoms with Gasteiger partial charge in [-0.2, -0.15) is 0 Å². The standard InChI is InChI=1S/C19H21ClN4O3/c1-11(24(2)10-12-8-13(20)4-7-17(12)27-3)18(25)21-14-5-6-15-16(9-14)23-19(26)22-15/h4-9,11H,10H2,1-3H3,(H,21,25)(H2,22,23,26)/t11-/m0/s1. The molecule has 0 aliphatic carbocycles. The van der Waals surface area contributed by atoms with Crippen LogP contribution in [-0.2, 0) is 11.3 Å². The Morgan fingerprint density at radius 1 is 1.22 bits per heavy atom. The number of anilines is 1. The second kappa shape index (κ2) is 7.85. The molecular formula is C19H21ClN4O3. The smallest absolute Gasteiger partial charge is 0.323 e. The van der Waals surface area contributed by atoms with Gasteiger partial charge in [-0.1, -0.05) is 11.6 Å². The minimum Gasteiger partial charge on any atom is -0.496 e. The zero-order chi connectivity index (χ0) is 19.6. The Bertz CT molecular complexity index is 1030. The zero-order valence-corrected chi connectivity index (χ0v) is 16.1. The molecule has 27 heavy (non-hydrogen) atoms. The number of hydrogen-bond donors (Lipinski definition) is 3. The maximum atomic E-state index is 12.6. The lowest BCUT2D eigenvalue weighted by molar-refractivity contribution is -0.120. The number of hydrogen-bond acceptors (Lipinski definition) is 4. The second-order valence-electron chi connectivity index (χ2n) is 6.38. The van der Waals surface area contributed by atoms with Crippen molar-refractivity contribution in [3.63, 3.8) is 0 Å². The largest absolute Gasteiger partial charge is 0.496 e. The quantitative estimate of drug-likeness (QED) is 0.605. The van der Waals surface area contributed by atoms with E-state index in [1.165, 1.54) is 0 Å². The SMILES string of the molecule is COc1ccc(Cl)cc1CN(C)[C@@H](C)C(=O)Nc1ccc2[nH]c(=O)[nH]c2c1. The highest BCUT2D eigenvalue weighted by atomic mass is 35.5. The van der Waals surface area contributed by atoms with Gasteiger partial charge in [0.25, 0.3) is 0 Å². The molecule has 3 N–H and O–H groups in total. The molecule has 8 heteroatoms. The summed E-state index contributed by atoms with van der Waals surface area (Å²) in [5.74, 6) is 0.566. The van der Waals surface area contributed by atoms with E-state index in [0.717, 1.165) is 11.3 Å². The number of H-pyrrole nitrogens is 2. The Balaban J connectivity index is 1.70. The van der Waals surface area contributed by atoms with Crippen LogP contribution in [0.3, 0.4) is 0 Å². The van der Waals surface area contributed by atoms with Gasteiger partial charge in [0.05, 0.1) is 24.2 Å². The number of ether oxygens (including phenoxy) is 1. The number of carbonyl (C=O) groups is 1. The van der Waals surface area contributed by atoms with E-state index in [-0.39, 0.29) is 11.6 Å². The van der Waals surface area contributed by atoms with Gasteiger partial charge in [-0.05, 0) is 50.4 Å². The van der Waals surface area contributed by atoms with Crippen LogP contribution in [0.2, 0.25) is 5.02 Å². The fraction of sp³-hybridized carbons (Fsp3) is 0.263. The average molecular weight is 389 g/mol. The lowest BCUT2D eigenvalue weighted by Crippen LogP contribution is -2.39. The fourth-order valence-corrected chi connectivity index (χ4v) is 3.03. The summed E-state index contributed by atoms with van der Waals surface area (Å²) in [5, 5.41) is 3.49. The van der Waals surface area contributed by atoms with E-state index >= 15 is 0 Å². The normalized spacial score (nSPS) is 12.3. The highest BCUT2D eigenvalue weighted by Gasteiger charge is 2.20. The molecule has 0 aliphatic heterocycles. The van der Waals surface area contributed by atoms with Crippen molar-refractivity contribution in [1.82, 2.24) is 14.9 Å². The van der Waals surface area contributed by atoms with Crippen LogP contribution in [0.4, 0.5) is 5.69 Å². The molecule has 0 unspecified atom stereocenters. The number of nitrogens with one attached hydrogen (secondary N) is 3. The summed E-state index contributed by atoms with van der Waals surface area (Å²) in [4.78, 5) is 31.2. The molecular weight excluding hydrogens is 368 g/mol. The number of imidazole rings is 1. The first kappa shape index (κ1) is 19.0. The first-order chi connectivity index (χ1) is 12.9. The summed E-state index contributed by atoms with van der Waals surface area (Å²) in [6, 6.07) is 10.2. The minimum atomic E-state index is -0.394. The van der Waals surface area contributed by atoms with E-state index in [1.54, 1.807) is 31.4 Å². The van der Waals surface area contributed by atoms with Crippen molar-refractivity contribution in [2.24, 2.45) is 0 Å². The summed E-state index contributed by atoms with van der Waals surface area (Å²) in [7, 11) is 3.46. The fourth-order valence-electron chi connectivity index (χ4n) is 2.83. The first-order valence-electron chi connectivity index (χ1n) is 8.43. The molecule has 2 aromatic carbocycles. The number of nitrogens with zero attached hydrogens (tertiary/aromatic N) is 1. The Morgan fingerprint density at radius 3 is 2.70 bits per heavy atom. The number of amides is 1. The van der Waals surface area contributed by atoms with Crippen LogP contribution in [0, 0.1) is 0 Å². The molecule has 0 saturated carbocycles. The Hall–Kier alpha value is -2.77. The molecule has 0 bridgehead atoms. The van der Waals surface area contributed by atoms with E-state index in [9.17, 15) is 9.59 Å². The van der Waals surface area contributed by atoms with Crippen molar-refractivity contribution in [3.05, 3.63) is 57.5 Å². The zero-order valence-electron chi connectivity index (χ0n) is 15.3. The molecule has 1 aromatic heterocycles. The number of aromatic amines is 2. The number of halogens is 1. The summed E-state index contributed by atoms with van der Waals surface area (Å²) in [6.07, 6.45) is 0. The predicted molar refractivity (Wildman–Crippen MR) is 106 cm³/mol. The van der Waals surface area contributed by atoms with E-state index in [2.05, 4.69) is 15.3 Å². The summed E-state index contributed by atoms with van der Waals surface area (Å²) < 4.78 is 5.36. The predicted octanol–water partition coefficient (Wildman–Crippen LogP) is 2.98. The summed E-state index contributed by atoms with van der Waals surface area (Å²) >= 11 is 6.08. The summed E-state index contributed by atoms with van der Waals surface area (Å²) in [6.45, 7) is 2.32. The lowest BCUT2D eigenvalue weighted by Gasteiger charge is -2.24. The molecule has 1 atom stereocenters. The monoisotopic (exact) mass is 388 g/mol. The van der Waals surface area contributed by atoms with Crippen LogP contribution in [0.15, 0.2) is 41.2 Å². The van der Waals surface area contributed by atoms with Gasteiger partial charge in [-0.15, -0.1) is 0 Å². The van der Waals surface area contributed by atoms with Crippen molar-refractivity contribution in [3.8, 4) is 5.75 Å². The van der Waals surface area contributed by atoms with Crippen molar-refractivity contribution < 1.29 is 9.53 Å². The van der Waals surface area contributed by atoms with Crippen LogP contribution < -0.4 is 15.7 Å². The van der Waals surface area contributed by atoms with Gasteiger partial charge in [-0.3, -0.25) is 9.69 Å². The Labute approximate surface area is 161 Å². The van der Waals surface area contributed by atoms with Crippen LogP contribution in [-0.4, -0.2) is 41.0 Å². The number of aromatic nitrogens is 2. The van der Waals surface area contributed by atoms with Gasteiger partial charge < -0.3 is 20.0 Å². The molecule has 142 valence electrons. The van der Waals surface area contributed by atoms with Gasteiger partial charge in [0, 0.05) is 22.8 Å². The Morgan fingerprint density at radius 2 is 1.96 bits per heavy atom. The number of rotatable bonds is 6. The number of fused-ring (bicyclic) bond motifs is 1. The van der Waals surface area contributed by atoms with Crippen molar-refractivity contribution in [2.75, 3.05) is 19.5 Å².